The van der Waals surface area contributed by atoms with Gasteiger partial charge in [0.15, 0.2) is 11.9 Å². The van der Waals surface area contributed by atoms with Gasteiger partial charge in [-0.05, 0) is 53.1 Å². The van der Waals surface area contributed by atoms with E-state index in [0.717, 1.165) is 46.4 Å². The number of azo groups is 1. The fourth-order valence-corrected chi connectivity index (χ4v) is 5.40. The van der Waals surface area contributed by atoms with Crippen molar-refractivity contribution in [2.45, 2.75) is 51.6 Å². The number of hydrogen-bond donors (Lipinski definition) is 1. The molecule has 3 heterocycles. The van der Waals surface area contributed by atoms with E-state index >= 15 is 0 Å². The molecule has 30 heavy (non-hydrogen) atoms. The smallest absolute Gasteiger partial charge is 0.164 e. The quantitative estimate of drug-likeness (QED) is 0.761. The maximum Gasteiger partial charge on any atom is 0.164 e. The summed E-state index contributed by atoms with van der Waals surface area (Å²) in [6.07, 6.45) is 7.47. The Labute approximate surface area is 177 Å². The van der Waals surface area contributed by atoms with Gasteiger partial charge in [0.25, 0.3) is 0 Å². The topological polar surface area (TPSA) is 66.7 Å². The van der Waals surface area contributed by atoms with Crippen molar-refractivity contribution < 1.29 is 4.79 Å². The van der Waals surface area contributed by atoms with Crippen LogP contribution in [0.15, 0.2) is 82.1 Å². The van der Waals surface area contributed by atoms with Gasteiger partial charge in [0.2, 0.25) is 0 Å². The highest BCUT2D eigenvalue weighted by Gasteiger charge is 2.52. The predicted molar refractivity (Wildman–Crippen MR) is 117 cm³/mol. The van der Waals surface area contributed by atoms with Crippen LogP contribution in [0.4, 0.5) is 0 Å². The molecule has 2 aliphatic heterocycles. The summed E-state index contributed by atoms with van der Waals surface area (Å²) >= 11 is 0. The van der Waals surface area contributed by atoms with E-state index in [4.69, 9.17) is 0 Å². The molecule has 0 spiro atoms. The van der Waals surface area contributed by atoms with Crippen LogP contribution in [-0.4, -0.2) is 16.9 Å². The molecule has 1 aromatic carbocycles. The number of fused-ring (bicyclic) bond motifs is 1. The number of ketones is 1. The number of benzene rings is 1. The van der Waals surface area contributed by atoms with Gasteiger partial charge in [-0.2, -0.15) is 10.2 Å². The maximum atomic E-state index is 13.5. The summed E-state index contributed by atoms with van der Waals surface area (Å²) in [6.45, 7) is 6.49. The molecule has 5 rings (SSSR count). The first-order chi connectivity index (χ1) is 14.4. The van der Waals surface area contributed by atoms with E-state index in [0.29, 0.717) is 6.42 Å². The van der Waals surface area contributed by atoms with Crippen LogP contribution in [0.1, 0.15) is 45.6 Å². The second-order valence-corrected chi connectivity index (χ2v) is 9.23. The fourth-order valence-electron chi connectivity index (χ4n) is 5.40. The summed E-state index contributed by atoms with van der Waals surface area (Å²) in [5.41, 5.74) is 5.82. The van der Waals surface area contributed by atoms with Crippen molar-refractivity contribution in [3.05, 3.63) is 77.4 Å². The summed E-state index contributed by atoms with van der Waals surface area (Å²) < 4.78 is 0. The van der Waals surface area contributed by atoms with E-state index in [1.54, 1.807) is 0 Å². The van der Waals surface area contributed by atoms with Gasteiger partial charge in [-0.1, -0.05) is 39.0 Å². The Balaban J connectivity index is 1.74. The van der Waals surface area contributed by atoms with E-state index in [2.05, 4.69) is 65.6 Å². The third kappa shape index (κ3) is 2.76. The highest BCUT2D eigenvalue weighted by Crippen LogP contribution is 2.53. The lowest BCUT2D eigenvalue weighted by atomic mass is 9.58. The van der Waals surface area contributed by atoms with Crippen molar-refractivity contribution in [2.75, 3.05) is 0 Å². The van der Waals surface area contributed by atoms with Gasteiger partial charge in [0.1, 0.15) is 0 Å². The SMILES string of the molecule is CCC1(c2cccc(-c3ccncc3)c2)C2=CN=NC2NC2=C1C(=O)CC(C)(C)C2. The molecule has 2 aromatic rings. The minimum absolute atomic E-state index is 0.0573. The summed E-state index contributed by atoms with van der Waals surface area (Å²) in [5, 5.41) is 12.2. The first kappa shape index (κ1) is 18.9. The largest absolute Gasteiger partial charge is 0.362 e. The summed E-state index contributed by atoms with van der Waals surface area (Å²) in [7, 11) is 0. The molecule has 0 bridgehead atoms. The molecule has 152 valence electrons. The predicted octanol–water partition coefficient (Wildman–Crippen LogP) is 5.32. The Bertz CT molecular complexity index is 1110. The zero-order valence-electron chi connectivity index (χ0n) is 17.6. The first-order valence-electron chi connectivity index (χ1n) is 10.6. The van der Waals surface area contributed by atoms with E-state index in [1.807, 2.05) is 30.7 Å². The third-order valence-electron chi connectivity index (χ3n) is 6.68. The minimum Gasteiger partial charge on any atom is -0.362 e. The van der Waals surface area contributed by atoms with Crippen molar-refractivity contribution in [1.29, 1.82) is 0 Å². The van der Waals surface area contributed by atoms with Gasteiger partial charge >= 0.3 is 0 Å². The van der Waals surface area contributed by atoms with Crippen molar-refractivity contribution in [2.24, 2.45) is 15.6 Å². The second kappa shape index (κ2) is 6.73. The van der Waals surface area contributed by atoms with E-state index < -0.39 is 5.41 Å². The molecule has 5 nitrogen and oxygen atoms in total. The standard InChI is InChI=1S/C25H26N4O/c1-4-25(18-7-5-6-17(12-18)16-8-10-26-11-9-16)19-15-27-29-23(19)28-20-13-24(2,3)14-21(30)22(20)25/h5-12,15,23,28H,4,13-14H2,1-3H3. The average molecular weight is 399 g/mol. The fraction of sp³-hybridized carbons (Fsp3) is 0.360. The van der Waals surface area contributed by atoms with E-state index in [-0.39, 0.29) is 17.4 Å². The Morgan fingerprint density at radius 2 is 1.90 bits per heavy atom. The lowest BCUT2D eigenvalue weighted by Gasteiger charge is -2.47. The average Bonchev–Trinajstić information content (AvgIpc) is 3.21. The minimum atomic E-state index is -0.509. The summed E-state index contributed by atoms with van der Waals surface area (Å²) in [6, 6.07) is 12.6. The molecule has 0 saturated carbocycles. The lowest BCUT2D eigenvalue weighted by molar-refractivity contribution is -0.119. The first-order valence-corrected chi connectivity index (χ1v) is 10.6. The van der Waals surface area contributed by atoms with Gasteiger partial charge in [0.05, 0.1) is 11.6 Å². The maximum absolute atomic E-state index is 13.5. The van der Waals surface area contributed by atoms with Crippen LogP contribution < -0.4 is 5.32 Å². The van der Waals surface area contributed by atoms with Crippen LogP contribution >= 0.6 is 0 Å². The number of allylic oxidation sites excluding steroid dienone is 2. The summed E-state index contributed by atoms with van der Waals surface area (Å²) in [5.74, 6) is 0.233. The molecule has 0 radical (unpaired) electrons. The number of nitrogens with zero attached hydrogens (tertiary/aromatic N) is 3. The Morgan fingerprint density at radius 1 is 1.10 bits per heavy atom. The number of Topliss-reactive ketones (excluding diaryl/α,β-unsaturated/α-hetero) is 1. The molecular weight excluding hydrogens is 372 g/mol. The number of pyridine rings is 1. The van der Waals surface area contributed by atoms with Gasteiger partial charge in [0, 0.05) is 35.7 Å². The van der Waals surface area contributed by atoms with E-state index in [9.17, 15) is 4.79 Å². The summed E-state index contributed by atoms with van der Waals surface area (Å²) in [4.78, 5) is 17.7. The number of carbonyl (C=O) groups is 1. The number of nitrogens with one attached hydrogen (secondary N) is 1. The van der Waals surface area contributed by atoms with Crippen LogP contribution in [0, 0.1) is 5.41 Å². The Kier molecular flexibility index (Phi) is 4.24. The number of hydrogen-bond acceptors (Lipinski definition) is 5. The van der Waals surface area contributed by atoms with Crippen molar-refractivity contribution in [3.63, 3.8) is 0 Å². The molecule has 3 aliphatic rings. The van der Waals surface area contributed by atoms with Crippen LogP contribution in [0.2, 0.25) is 0 Å². The number of aromatic nitrogens is 1. The molecule has 0 amide bonds. The lowest BCUT2D eigenvalue weighted by Crippen LogP contribution is -2.51. The molecule has 1 aromatic heterocycles. The third-order valence-corrected chi connectivity index (χ3v) is 6.68. The van der Waals surface area contributed by atoms with Crippen LogP contribution in [-0.2, 0) is 10.2 Å². The molecule has 1 N–H and O–H groups in total. The van der Waals surface area contributed by atoms with Crippen LogP contribution in [0.5, 0.6) is 0 Å². The number of rotatable bonds is 3. The second-order valence-electron chi connectivity index (χ2n) is 9.23. The molecular formula is C25H26N4O. The van der Waals surface area contributed by atoms with Crippen LogP contribution in [0.3, 0.4) is 0 Å². The van der Waals surface area contributed by atoms with Gasteiger partial charge < -0.3 is 5.32 Å². The van der Waals surface area contributed by atoms with Crippen molar-refractivity contribution in [1.82, 2.24) is 10.3 Å². The zero-order chi connectivity index (χ0) is 20.9. The number of carbonyl (C=O) groups excluding carboxylic acids is 1. The van der Waals surface area contributed by atoms with Gasteiger partial charge in [-0.3, -0.25) is 9.78 Å². The monoisotopic (exact) mass is 398 g/mol. The van der Waals surface area contributed by atoms with Gasteiger partial charge in [-0.15, -0.1) is 0 Å². The zero-order valence-corrected chi connectivity index (χ0v) is 17.6. The molecule has 2 unspecified atom stereocenters. The van der Waals surface area contributed by atoms with E-state index in [1.165, 1.54) is 0 Å². The molecule has 0 saturated heterocycles. The Morgan fingerprint density at radius 3 is 2.67 bits per heavy atom. The molecule has 1 aliphatic carbocycles. The highest BCUT2D eigenvalue weighted by molar-refractivity contribution is 6.01. The normalized spacial score (nSPS) is 26.7. The highest BCUT2D eigenvalue weighted by atomic mass is 16.1. The van der Waals surface area contributed by atoms with Crippen LogP contribution in [0.25, 0.3) is 11.1 Å². The van der Waals surface area contributed by atoms with Crippen molar-refractivity contribution >= 4 is 5.78 Å². The Hall–Kier alpha value is -3.08. The van der Waals surface area contributed by atoms with Crippen molar-refractivity contribution in [3.8, 4) is 11.1 Å². The molecule has 5 heteroatoms. The molecule has 2 atom stereocenters. The molecule has 0 fully saturated rings. The van der Waals surface area contributed by atoms with Gasteiger partial charge in [-0.25, -0.2) is 0 Å².